The van der Waals surface area contributed by atoms with Crippen LogP contribution in [0, 0.1) is 29.1 Å². The summed E-state index contributed by atoms with van der Waals surface area (Å²) in [5, 5.41) is 2.72. The molecule has 3 N–H and O–H groups in total. The minimum Gasteiger partial charge on any atom is -0.369 e. The molecule has 2 aromatic carbocycles. The van der Waals surface area contributed by atoms with E-state index in [9.17, 15) is 26.7 Å². The summed E-state index contributed by atoms with van der Waals surface area (Å²) in [6.07, 6.45) is 0. The van der Waals surface area contributed by atoms with E-state index in [4.69, 9.17) is 5.73 Å². The molecule has 122 valence electrons. The average molecular weight is 330 g/mol. The van der Waals surface area contributed by atoms with Gasteiger partial charge in [0, 0.05) is 6.54 Å². The van der Waals surface area contributed by atoms with Crippen LogP contribution in [0.2, 0.25) is 0 Å². The molecule has 0 aliphatic rings. The van der Waals surface area contributed by atoms with Crippen LogP contribution in [-0.4, -0.2) is 12.5 Å². The Balaban J connectivity index is 2.32. The van der Waals surface area contributed by atoms with Gasteiger partial charge in [0.05, 0.1) is 12.1 Å². The van der Waals surface area contributed by atoms with Gasteiger partial charge in [-0.1, -0.05) is 24.3 Å². The van der Waals surface area contributed by atoms with Crippen LogP contribution in [0.25, 0.3) is 11.1 Å². The maximum absolute atomic E-state index is 13.7. The molecule has 0 fully saturated rings. The second-order valence-corrected chi connectivity index (χ2v) is 4.71. The fourth-order valence-electron chi connectivity index (χ4n) is 1.98. The van der Waals surface area contributed by atoms with Crippen molar-refractivity contribution < 1.29 is 26.7 Å². The van der Waals surface area contributed by atoms with Gasteiger partial charge in [-0.3, -0.25) is 4.79 Å². The van der Waals surface area contributed by atoms with Crippen LogP contribution in [0.4, 0.5) is 22.0 Å². The fraction of sp³-hybridized carbons (Fsp3) is 0.133. The standard InChI is InChI=1S/C15H11F5N2O/c16-11-10(12(17)14(19)15(20)13(11)18)8-3-1-7(2-4-8)5-22-6-9(21)23/h1-4,22H,5-6H2,(H2,21,23). The highest BCUT2D eigenvalue weighted by Crippen LogP contribution is 2.31. The van der Waals surface area contributed by atoms with Gasteiger partial charge in [0.1, 0.15) is 0 Å². The van der Waals surface area contributed by atoms with Gasteiger partial charge in [0.25, 0.3) is 0 Å². The third-order valence-electron chi connectivity index (χ3n) is 3.08. The predicted octanol–water partition coefficient (Wildman–Crippen LogP) is 2.62. The van der Waals surface area contributed by atoms with Crippen molar-refractivity contribution in [3.05, 3.63) is 58.9 Å². The van der Waals surface area contributed by atoms with Gasteiger partial charge in [-0.25, -0.2) is 22.0 Å². The number of nitrogens with two attached hydrogens (primary N) is 1. The van der Waals surface area contributed by atoms with Crippen molar-refractivity contribution in [2.45, 2.75) is 6.54 Å². The molecule has 2 aromatic rings. The third-order valence-corrected chi connectivity index (χ3v) is 3.08. The van der Waals surface area contributed by atoms with E-state index < -0.39 is 40.6 Å². The average Bonchev–Trinajstić information content (AvgIpc) is 2.52. The van der Waals surface area contributed by atoms with Gasteiger partial charge >= 0.3 is 0 Å². The Labute approximate surface area is 127 Å². The number of benzene rings is 2. The summed E-state index contributed by atoms with van der Waals surface area (Å²) in [5.41, 5.74) is 4.44. The molecule has 8 heteroatoms. The highest BCUT2D eigenvalue weighted by molar-refractivity contribution is 5.75. The summed E-state index contributed by atoms with van der Waals surface area (Å²) in [4.78, 5) is 10.6. The molecule has 0 atom stereocenters. The molecule has 23 heavy (non-hydrogen) atoms. The van der Waals surface area contributed by atoms with E-state index in [0.717, 1.165) is 0 Å². The number of carbonyl (C=O) groups is 1. The maximum Gasteiger partial charge on any atom is 0.231 e. The number of primary amides is 1. The Morgan fingerprint density at radius 1 is 0.870 bits per heavy atom. The number of carbonyl (C=O) groups excluding carboxylic acids is 1. The summed E-state index contributed by atoms with van der Waals surface area (Å²) < 4.78 is 66.8. The van der Waals surface area contributed by atoms with Crippen LogP contribution >= 0.6 is 0 Å². The van der Waals surface area contributed by atoms with E-state index in [1.807, 2.05) is 0 Å². The van der Waals surface area contributed by atoms with E-state index in [2.05, 4.69) is 5.32 Å². The lowest BCUT2D eigenvalue weighted by atomic mass is 10.0. The molecule has 0 saturated carbocycles. The summed E-state index contributed by atoms with van der Waals surface area (Å²) in [5.74, 6) is -10.5. The van der Waals surface area contributed by atoms with Crippen molar-refractivity contribution >= 4 is 5.91 Å². The molecule has 0 bridgehead atoms. The Kier molecular flexibility index (Phi) is 4.95. The topological polar surface area (TPSA) is 55.1 Å². The largest absolute Gasteiger partial charge is 0.369 e. The quantitative estimate of drug-likeness (QED) is 0.503. The van der Waals surface area contributed by atoms with Crippen LogP contribution in [0.1, 0.15) is 5.56 Å². The molecule has 0 aromatic heterocycles. The Bertz CT molecular complexity index is 718. The maximum atomic E-state index is 13.7. The van der Waals surface area contributed by atoms with Gasteiger partial charge in [-0.05, 0) is 11.1 Å². The molecule has 0 radical (unpaired) electrons. The number of rotatable bonds is 5. The Hall–Kier alpha value is -2.48. The first kappa shape index (κ1) is 16.9. The van der Waals surface area contributed by atoms with E-state index in [-0.39, 0.29) is 18.7 Å². The summed E-state index contributed by atoms with van der Waals surface area (Å²) in [7, 11) is 0. The lowest BCUT2D eigenvalue weighted by Gasteiger charge is -2.09. The molecule has 0 saturated heterocycles. The molecule has 3 nitrogen and oxygen atoms in total. The number of halogens is 5. The summed E-state index contributed by atoms with van der Waals surface area (Å²) in [6.45, 7) is 0.194. The highest BCUT2D eigenvalue weighted by atomic mass is 19.2. The first-order chi connectivity index (χ1) is 10.8. The van der Waals surface area contributed by atoms with Crippen molar-refractivity contribution in [1.82, 2.24) is 5.32 Å². The van der Waals surface area contributed by atoms with Gasteiger partial charge in [0.15, 0.2) is 23.3 Å². The predicted molar refractivity (Wildman–Crippen MR) is 72.6 cm³/mol. The zero-order chi connectivity index (χ0) is 17.1. The smallest absolute Gasteiger partial charge is 0.231 e. The second-order valence-electron chi connectivity index (χ2n) is 4.71. The molecule has 1 amide bonds. The van der Waals surface area contributed by atoms with Crippen molar-refractivity contribution in [3.8, 4) is 11.1 Å². The lowest BCUT2D eigenvalue weighted by Crippen LogP contribution is -2.28. The normalized spacial score (nSPS) is 10.8. The van der Waals surface area contributed by atoms with Crippen molar-refractivity contribution in [3.63, 3.8) is 0 Å². The number of amides is 1. The fourth-order valence-corrected chi connectivity index (χ4v) is 1.98. The number of hydrogen-bond acceptors (Lipinski definition) is 2. The summed E-state index contributed by atoms with van der Waals surface area (Å²) in [6, 6.07) is 5.31. The lowest BCUT2D eigenvalue weighted by molar-refractivity contribution is -0.117. The van der Waals surface area contributed by atoms with Gasteiger partial charge in [-0.15, -0.1) is 0 Å². The molecular formula is C15H11F5N2O. The van der Waals surface area contributed by atoms with Gasteiger partial charge in [-0.2, -0.15) is 0 Å². The van der Waals surface area contributed by atoms with Crippen LogP contribution < -0.4 is 11.1 Å². The van der Waals surface area contributed by atoms with Crippen LogP contribution in [0.5, 0.6) is 0 Å². The van der Waals surface area contributed by atoms with Crippen molar-refractivity contribution in [2.24, 2.45) is 5.73 Å². The third kappa shape index (κ3) is 3.48. The van der Waals surface area contributed by atoms with Crippen LogP contribution in [0.15, 0.2) is 24.3 Å². The molecule has 0 unspecified atom stereocenters. The first-order valence-corrected chi connectivity index (χ1v) is 6.42. The first-order valence-electron chi connectivity index (χ1n) is 6.42. The van der Waals surface area contributed by atoms with E-state index >= 15 is 0 Å². The zero-order valence-corrected chi connectivity index (χ0v) is 11.6. The van der Waals surface area contributed by atoms with Crippen molar-refractivity contribution in [1.29, 1.82) is 0 Å². The Morgan fingerprint density at radius 3 is 1.83 bits per heavy atom. The van der Waals surface area contributed by atoms with E-state index in [1.165, 1.54) is 24.3 Å². The van der Waals surface area contributed by atoms with E-state index in [0.29, 0.717) is 5.56 Å². The number of hydrogen-bond donors (Lipinski definition) is 2. The molecular weight excluding hydrogens is 319 g/mol. The molecule has 0 aliphatic carbocycles. The Morgan fingerprint density at radius 2 is 1.35 bits per heavy atom. The highest BCUT2D eigenvalue weighted by Gasteiger charge is 2.26. The van der Waals surface area contributed by atoms with Crippen molar-refractivity contribution in [2.75, 3.05) is 6.54 Å². The van der Waals surface area contributed by atoms with Gasteiger partial charge < -0.3 is 11.1 Å². The molecule has 0 heterocycles. The van der Waals surface area contributed by atoms with Gasteiger partial charge in [0.2, 0.25) is 11.7 Å². The molecule has 0 spiro atoms. The summed E-state index contributed by atoms with van der Waals surface area (Å²) >= 11 is 0. The molecule has 2 rings (SSSR count). The van der Waals surface area contributed by atoms with E-state index in [1.54, 1.807) is 0 Å². The monoisotopic (exact) mass is 330 g/mol. The number of nitrogens with one attached hydrogen (secondary N) is 1. The SMILES string of the molecule is NC(=O)CNCc1ccc(-c2c(F)c(F)c(F)c(F)c2F)cc1. The second kappa shape index (κ2) is 6.74. The van der Waals surface area contributed by atoms with Crippen LogP contribution in [0.3, 0.4) is 0 Å². The van der Waals surface area contributed by atoms with Crippen LogP contribution in [-0.2, 0) is 11.3 Å². The minimum absolute atomic E-state index is 0.0562. The molecule has 0 aliphatic heterocycles. The minimum atomic E-state index is -2.20. The zero-order valence-electron chi connectivity index (χ0n) is 11.6.